The van der Waals surface area contributed by atoms with E-state index in [2.05, 4.69) is 11.9 Å². The van der Waals surface area contributed by atoms with Gasteiger partial charge in [-0.3, -0.25) is 14.6 Å². The number of nitrogens with one attached hydrogen (secondary N) is 1. The molecule has 224 valence electrons. The Hall–Kier alpha value is -4.19. The molecule has 1 saturated heterocycles. The summed E-state index contributed by atoms with van der Waals surface area (Å²) in [7, 11) is 0. The van der Waals surface area contributed by atoms with Gasteiger partial charge in [-0.15, -0.1) is 6.58 Å². The Morgan fingerprint density at radius 1 is 1.10 bits per heavy atom. The van der Waals surface area contributed by atoms with Crippen LogP contribution in [0.4, 0.5) is 22.4 Å². The summed E-state index contributed by atoms with van der Waals surface area (Å²) in [5, 5.41) is 2.74. The molecule has 2 heterocycles. The molecule has 0 aromatic heterocycles. The van der Waals surface area contributed by atoms with Crippen LogP contribution in [0.3, 0.4) is 0 Å². The van der Waals surface area contributed by atoms with Gasteiger partial charge in [0, 0.05) is 50.0 Å². The fraction of sp³-hybridized carbons (Fsp3) is 0.367. The summed E-state index contributed by atoms with van der Waals surface area (Å²) >= 11 is 0. The summed E-state index contributed by atoms with van der Waals surface area (Å²) in [6, 6.07) is 7.75. The Balaban J connectivity index is 1.66. The number of carbonyl (C=O) groups excluding carboxylic acids is 3. The molecule has 8 nitrogen and oxygen atoms in total. The van der Waals surface area contributed by atoms with E-state index < -0.39 is 35.6 Å². The van der Waals surface area contributed by atoms with Gasteiger partial charge in [0.2, 0.25) is 0 Å². The van der Waals surface area contributed by atoms with Gasteiger partial charge in [0.25, 0.3) is 5.91 Å². The maximum atomic E-state index is 13.3. The SMILES string of the molecule is C=CCN1C(=O)NC(c2ccc(C(F)(F)F)cc2)C(C(=O)OCC)=C1CN1CCN(C(=O)c2ccc(F)cc2)C(C)C1. The third-order valence-electron chi connectivity index (χ3n) is 7.25. The lowest BCUT2D eigenvalue weighted by molar-refractivity contribution is -0.139. The highest BCUT2D eigenvalue weighted by Gasteiger charge is 2.40. The molecule has 42 heavy (non-hydrogen) atoms. The first-order chi connectivity index (χ1) is 19.9. The minimum absolute atomic E-state index is 0.0476. The number of amides is 3. The lowest BCUT2D eigenvalue weighted by Gasteiger charge is -2.43. The van der Waals surface area contributed by atoms with Gasteiger partial charge in [-0.25, -0.2) is 14.0 Å². The highest BCUT2D eigenvalue weighted by atomic mass is 19.4. The number of nitrogens with zero attached hydrogens (tertiary/aromatic N) is 3. The molecule has 0 aliphatic carbocycles. The largest absolute Gasteiger partial charge is 0.463 e. The van der Waals surface area contributed by atoms with Gasteiger partial charge in [0.15, 0.2) is 0 Å². The Kier molecular flexibility index (Phi) is 9.35. The van der Waals surface area contributed by atoms with Crippen LogP contribution in [-0.2, 0) is 15.7 Å². The zero-order chi connectivity index (χ0) is 30.6. The van der Waals surface area contributed by atoms with E-state index in [0.717, 1.165) is 12.1 Å². The van der Waals surface area contributed by atoms with Crippen molar-refractivity contribution in [3.63, 3.8) is 0 Å². The first-order valence-corrected chi connectivity index (χ1v) is 13.5. The molecule has 1 fully saturated rings. The van der Waals surface area contributed by atoms with E-state index in [4.69, 9.17) is 4.74 Å². The minimum atomic E-state index is -4.54. The number of carbonyl (C=O) groups is 3. The van der Waals surface area contributed by atoms with Gasteiger partial charge < -0.3 is 15.0 Å². The van der Waals surface area contributed by atoms with Gasteiger partial charge in [-0.05, 0) is 55.8 Å². The number of hydrogen-bond donors (Lipinski definition) is 1. The van der Waals surface area contributed by atoms with Crippen LogP contribution < -0.4 is 5.32 Å². The molecule has 2 aliphatic rings. The molecule has 3 amide bonds. The van der Waals surface area contributed by atoms with E-state index in [0.29, 0.717) is 36.5 Å². The standard InChI is InChI=1S/C30H32F4N4O4/c1-4-14-38-24(18-36-15-16-37(19(3)17-36)27(39)21-8-12-23(31)13-9-21)25(28(40)42-5-2)26(35-29(38)41)20-6-10-22(11-7-20)30(32,33)34/h4,6-13,19,26H,1,5,14-18H2,2-3H3,(H,35,41). The molecular weight excluding hydrogens is 556 g/mol. The van der Waals surface area contributed by atoms with Crippen LogP contribution in [-0.4, -0.2) is 78.0 Å². The first-order valence-electron chi connectivity index (χ1n) is 13.5. The van der Waals surface area contributed by atoms with E-state index in [-0.39, 0.29) is 37.2 Å². The van der Waals surface area contributed by atoms with E-state index in [1.807, 2.05) is 11.8 Å². The monoisotopic (exact) mass is 588 g/mol. The van der Waals surface area contributed by atoms with Crippen molar-refractivity contribution in [3.05, 3.63) is 95.0 Å². The summed E-state index contributed by atoms with van der Waals surface area (Å²) in [6.45, 7) is 8.62. The van der Waals surface area contributed by atoms with Crippen LogP contribution in [0.15, 0.2) is 72.5 Å². The molecule has 2 aromatic rings. The maximum Gasteiger partial charge on any atom is 0.416 e. The second-order valence-corrected chi connectivity index (χ2v) is 10.1. The van der Waals surface area contributed by atoms with Gasteiger partial charge in [-0.1, -0.05) is 18.2 Å². The quantitative estimate of drug-likeness (QED) is 0.273. The fourth-order valence-corrected chi connectivity index (χ4v) is 5.21. The van der Waals surface area contributed by atoms with Gasteiger partial charge in [-0.2, -0.15) is 13.2 Å². The summed E-state index contributed by atoms with van der Waals surface area (Å²) < 4.78 is 58.3. The normalized spacial score (nSPS) is 19.9. The number of halogens is 4. The highest BCUT2D eigenvalue weighted by Crippen LogP contribution is 2.35. The number of ether oxygens (including phenoxy) is 1. The summed E-state index contributed by atoms with van der Waals surface area (Å²) in [6.07, 6.45) is -3.04. The molecule has 0 saturated carbocycles. The third-order valence-corrected chi connectivity index (χ3v) is 7.25. The summed E-state index contributed by atoms with van der Waals surface area (Å²) in [5.41, 5.74) is 0.247. The Labute approximate surface area is 241 Å². The van der Waals surface area contributed by atoms with Crippen molar-refractivity contribution in [3.8, 4) is 0 Å². The molecule has 0 spiro atoms. The topological polar surface area (TPSA) is 82.2 Å². The molecule has 12 heteroatoms. The molecule has 2 aromatic carbocycles. The number of alkyl halides is 3. The molecule has 4 rings (SSSR count). The number of rotatable bonds is 8. The summed E-state index contributed by atoms with van der Waals surface area (Å²) in [5.74, 6) is -1.38. The molecular formula is C30H32F4N4O4. The van der Waals surface area contributed by atoms with E-state index >= 15 is 0 Å². The van der Waals surface area contributed by atoms with E-state index in [9.17, 15) is 31.9 Å². The smallest absolute Gasteiger partial charge is 0.416 e. The van der Waals surface area contributed by atoms with Crippen molar-refractivity contribution in [1.82, 2.24) is 20.0 Å². The molecule has 1 N–H and O–H groups in total. The van der Waals surface area contributed by atoms with Gasteiger partial charge in [0.05, 0.1) is 23.8 Å². The Morgan fingerprint density at radius 3 is 2.33 bits per heavy atom. The van der Waals surface area contributed by atoms with Crippen molar-refractivity contribution in [2.45, 2.75) is 32.1 Å². The van der Waals surface area contributed by atoms with Crippen molar-refractivity contribution in [1.29, 1.82) is 0 Å². The predicted octanol–water partition coefficient (Wildman–Crippen LogP) is 4.76. The maximum absolute atomic E-state index is 13.3. The molecule has 2 aliphatic heterocycles. The average Bonchev–Trinajstić information content (AvgIpc) is 2.94. The molecule has 0 radical (unpaired) electrons. The first kappa shape index (κ1) is 30.8. The number of esters is 1. The van der Waals surface area contributed by atoms with Crippen LogP contribution >= 0.6 is 0 Å². The van der Waals surface area contributed by atoms with Crippen LogP contribution in [0.1, 0.15) is 41.4 Å². The van der Waals surface area contributed by atoms with Crippen molar-refractivity contribution < 1.29 is 36.7 Å². The van der Waals surface area contributed by atoms with Crippen molar-refractivity contribution >= 4 is 17.9 Å². The second kappa shape index (κ2) is 12.8. The summed E-state index contributed by atoms with van der Waals surface area (Å²) in [4.78, 5) is 44.7. The highest BCUT2D eigenvalue weighted by molar-refractivity contribution is 5.95. The van der Waals surface area contributed by atoms with E-state index in [1.54, 1.807) is 11.8 Å². The van der Waals surface area contributed by atoms with Crippen LogP contribution in [0.25, 0.3) is 0 Å². The number of piperazine rings is 1. The molecule has 0 bridgehead atoms. The van der Waals surface area contributed by atoms with Crippen LogP contribution in [0, 0.1) is 5.82 Å². The second-order valence-electron chi connectivity index (χ2n) is 10.1. The fourth-order valence-electron chi connectivity index (χ4n) is 5.21. The van der Waals surface area contributed by atoms with E-state index in [1.165, 1.54) is 47.4 Å². The van der Waals surface area contributed by atoms with Gasteiger partial charge >= 0.3 is 18.2 Å². The predicted molar refractivity (Wildman–Crippen MR) is 147 cm³/mol. The number of urea groups is 1. The van der Waals surface area contributed by atoms with Crippen LogP contribution in [0.5, 0.6) is 0 Å². The lowest BCUT2D eigenvalue weighted by Crippen LogP contribution is -2.56. The van der Waals surface area contributed by atoms with Crippen LogP contribution in [0.2, 0.25) is 0 Å². The Bertz CT molecular complexity index is 1360. The number of benzene rings is 2. The zero-order valence-electron chi connectivity index (χ0n) is 23.3. The average molecular weight is 589 g/mol. The molecule has 2 atom stereocenters. The third kappa shape index (κ3) is 6.64. The zero-order valence-corrected chi connectivity index (χ0v) is 23.3. The van der Waals surface area contributed by atoms with Crippen molar-refractivity contribution in [2.75, 3.05) is 39.3 Å². The minimum Gasteiger partial charge on any atom is -0.463 e. The number of hydrogen-bond acceptors (Lipinski definition) is 5. The Morgan fingerprint density at radius 2 is 1.76 bits per heavy atom. The van der Waals surface area contributed by atoms with Gasteiger partial charge in [0.1, 0.15) is 5.82 Å². The lowest BCUT2D eigenvalue weighted by atomic mass is 9.93. The van der Waals surface area contributed by atoms with Crippen molar-refractivity contribution in [2.24, 2.45) is 0 Å². The molecule has 2 unspecified atom stereocenters.